The first kappa shape index (κ1) is 41.8. The summed E-state index contributed by atoms with van der Waals surface area (Å²) < 4.78 is 79.3. The molecule has 0 saturated carbocycles. The van der Waals surface area contributed by atoms with Crippen LogP contribution in [-0.4, -0.2) is 52.1 Å². The molecule has 0 aliphatic heterocycles. The molecule has 0 bridgehead atoms. The number of benzene rings is 1. The van der Waals surface area contributed by atoms with Crippen LogP contribution in [0.5, 0.6) is 5.75 Å². The number of azo groups is 1. The fourth-order valence-corrected chi connectivity index (χ4v) is 3.81. The van der Waals surface area contributed by atoms with E-state index in [1.54, 1.807) is 0 Å². The Kier molecular flexibility index (Phi) is 19.3. The van der Waals surface area contributed by atoms with Gasteiger partial charge in [-0.3, -0.25) is 18.4 Å². The Bertz CT molecular complexity index is 1400. The first-order chi connectivity index (χ1) is 14.5. The molecule has 1 aromatic carbocycles. The number of aromatic nitrogens is 1. The van der Waals surface area contributed by atoms with Crippen LogP contribution in [0.1, 0.15) is 27.3 Å². The fraction of sp³-hybridized carbons (Fsp3) is 0.143. The van der Waals surface area contributed by atoms with E-state index in [1.165, 1.54) is 6.92 Å². The number of nitrogens with zero attached hydrogens (tertiary/aromatic N) is 3. The number of hydrogen-bond donors (Lipinski definition) is 5. The van der Waals surface area contributed by atoms with Crippen molar-refractivity contribution in [3.63, 3.8) is 0 Å². The summed E-state index contributed by atoms with van der Waals surface area (Å²) in [7, 11) is -14.9. The maximum Gasteiger partial charge on any atom is 1.00 e. The first-order valence-corrected chi connectivity index (χ1v) is 12.3. The fourth-order valence-electron chi connectivity index (χ4n) is 2.28. The maximum absolute atomic E-state index is 11.6. The van der Waals surface area contributed by atoms with Crippen LogP contribution in [0, 0.1) is 6.92 Å². The molecular weight excluding hydrogens is 589 g/mol. The van der Waals surface area contributed by atoms with E-state index in [-0.39, 0.29) is 136 Å². The molecular formula is C14H18N3Na4O12PS2. The second-order valence-corrected chi connectivity index (χ2v) is 9.97. The van der Waals surface area contributed by atoms with Crippen molar-refractivity contribution in [3.05, 3.63) is 35.0 Å². The number of hydrogen-bond acceptors (Lipinski definition) is 11. The van der Waals surface area contributed by atoms with Crippen LogP contribution < -0.4 is 118 Å². The van der Waals surface area contributed by atoms with Crippen molar-refractivity contribution in [2.75, 3.05) is 0 Å². The van der Waals surface area contributed by atoms with Crippen molar-refractivity contribution in [1.29, 1.82) is 0 Å². The minimum atomic E-state index is -5.06. The van der Waals surface area contributed by atoms with Crippen LogP contribution in [0.25, 0.3) is 0 Å². The number of pyridine rings is 1. The maximum atomic E-state index is 11.6. The number of aromatic hydroxyl groups is 1. The van der Waals surface area contributed by atoms with E-state index >= 15 is 0 Å². The summed E-state index contributed by atoms with van der Waals surface area (Å²) in [6.07, 6.45) is 0.131. The molecule has 36 heavy (non-hydrogen) atoms. The zero-order valence-electron chi connectivity index (χ0n) is 23.7. The van der Waals surface area contributed by atoms with E-state index in [0.717, 1.165) is 12.1 Å². The van der Waals surface area contributed by atoms with Crippen LogP contribution in [0.4, 0.5) is 11.5 Å². The summed E-state index contributed by atoms with van der Waals surface area (Å²) in [6, 6.07) is 1.93. The van der Waals surface area contributed by atoms with Crippen molar-refractivity contribution >= 4 is 45.9 Å². The van der Waals surface area contributed by atoms with Gasteiger partial charge in [-0.15, -0.1) is 10.2 Å². The summed E-state index contributed by atoms with van der Waals surface area (Å²) in [4.78, 5) is 31.0. The third-order valence-electron chi connectivity index (χ3n) is 3.72. The topological polar surface area (TPSA) is 250 Å². The Labute approximate surface area is 299 Å². The zero-order chi connectivity index (χ0) is 24.5. The van der Waals surface area contributed by atoms with Gasteiger partial charge < -0.3 is 20.6 Å². The largest absolute Gasteiger partial charge is 1.00 e. The van der Waals surface area contributed by atoms with Crippen LogP contribution in [-0.2, 0) is 35.9 Å². The van der Waals surface area contributed by atoms with Gasteiger partial charge in [0.2, 0.25) is 0 Å². The summed E-state index contributed by atoms with van der Waals surface area (Å²) in [5.74, 6) is -1.16. The first-order valence-electron chi connectivity index (χ1n) is 7.93. The van der Waals surface area contributed by atoms with Crippen LogP contribution >= 0.6 is 7.82 Å². The summed E-state index contributed by atoms with van der Waals surface area (Å²) in [5.41, 5.74) is -1.69. The van der Waals surface area contributed by atoms with Gasteiger partial charge >= 0.3 is 126 Å². The molecule has 182 valence electrons. The van der Waals surface area contributed by atoms with E-state index in [9.17, 15) is 35.9 Å². The Hall–Kier alpha value is 1.37. The Balaban J connectivity index is -0.000000272. The van der Waals surface area contributed by atoms with E-state index in [0.29, 0.717) is 6.07 Å². The number of phosphoric acid groups is 1. The Morgan fingerprint density at radius 3 is 2.06 bits per heavy atom. The molecule has 0 atom stereocenters. The number of phosphoric ester groups is 1. The zero-order valence-corrected chi connectivity index (χ0v) is 30.2. The standard InChI is InChI=1S/C14H14N3O12PS2.4Na.4H/c1-7-13(19)9(5-18)10(6-29-30(20,21)22)14(15-7)17-16-11-3-2-8(31(23,24)25)4-12(11)32(26,27)28;;;;;;;;/h2-5,19H,6H2,1H3,(H2,20,21,22)(H,23,24,25)(H,26,27,28);;;;;;;;/q;4*+1;4*-1. The molecule has 0 spiro atoms. The van der Waals surface area contributed by atoms with Crippen LogP contribution in [0.15, 0.2) is 38.2 Å². The van der Waals surface area contributed by atoms with Gasteiger partial charge in [-0.25, -0.2) is 9.55 Å². The predicted molar refractivity (Wildman–Crippen MR) is 108 cm³/mol. The minimum absolute atomic E-state index is 0. The number of carbonyl (C=O) groups is 1. The van der Waals surface area contributed by atoms with Crippen molar-refractivity contribution < 1.29 is 179 Å². The van der Waals surface area contributed by atoms with Crippen LogP contribution in [0.2, 0.25) is 0 Å². The second kappa shape index (κ2) is 16.6. The molecule has 1 aromatic heterocycles. The molecule has 0 unspecified atom stereocenters. The summed E-state index contributed by atoms with van der Waals surface area (Å²) >= 11 is 0. The molecule has 1 heterocycles. The SMILES string of the molecule is Cc1nc(N=Nc2ccc(S(=O)(=O)O)cc2S(=O)(=O)O)c(COP(=O)(O)O)c(C=O)c1O.[H-].[H-].[H-].[H-].[Na+].[Na+].[Na+].[Na+]. The molecule has 0 amide bonds. The van der Waals surface area contributed by atoms with Gasteiger partial charge in [0.15, 0.2) is 12.1 Å². The molecule has 15 nitrogen and oxygen atoms in total. The van der Waals surface area contributed by atoms with E-state index in [2.05, 4.69) is 19.7 Å². The minimum Gasteiger partial charge on any atom is -1.00 e. The van der Waals surface area contributed by atoms with Gasteiger partial charge in [0.25, 0.3) is 20.2 Å². The van der Waals surface area contributed by atoms with Crippen molar-refractivity contribution in [1.82, 2.24) is 4.98 Å². The number of aryl methyl sites for hydroxylation is 1. The molecule has 0 fully saturated rings. The predicted octanol–water partition coefficient (Wildman–Crippen LogP) is -10.1. The quantitative estimate of drug-likeness (QED) is 0.0616. The molecule has 5 N–H and O–H groups in total. The molecule has 0 aliphatic rings. The molecule has 0 aliphatic carbocycles. The molecule has 0 radical (unpaired) electrons. The smallest absolute Gasteiger partial charge is 1.00 e. The number of carbonyl (C=O) groups excluding carboxylic acids is 1. The third kappa shape index (κ3) is 11.9. The van der Waals surface area contributed by atoms with Crippen molar-refractivity contribution in [2.24, 2.45) is 10.2 Å². The van der Waals surface area contributed by atoms with Gasteiger partial charge in [-0.05, 0) is 25.1 Å². The van der Waals surface area contributed by atoms with Crippen molar-refractivity contribution in [3.8, 4) is 5.75 Å². The van der Waals surface area contributed by atoms with Gasteiger partial charge in [0.1, 0.15) is 16.3 Å². The third-order valence-corrected chi connectivity index (χ3v) is 5.92. The molecule has 2 rings (SSSR count). The number of rotatable bonds is 8. The Morgan fingerprint density at radius 2 is 1.61 bits per heavy atom. The molecule has 0 saturated heterocycles. The van der Waals surface area contributed by atoms with E-state index in [4.69, 9.17) is 14.3 Å². The molecule has 22 heteroatoms. The second-order valence-electron chi connectivity index (χ2n) is 5.92. The van der Waals surface area contributed by atoms with Crippen molar-refractivity contribution in [2.45, 2.75) is 23.3 Å². The van der Waals surface area contributed by atoms with Gasteiger partial charge in [-0.1, -0.05) is 0 Å². The van der Waals surface area contributed by atoms with E-state index in [1.807, 2.05) is 0 Å². The monoisotopic (exact) mass is 607 g/mol. The van der Waals surface area contributed by atoms with Gasteiger partial charge in [0, 0.05) is 5.56 Å². The van der Waals surface area contributed by atoms with E-state index < -0.39 is 72.8 Å². The summed E-state index contributed by atoms with van der Waals surface area (Å²) in [5, 5.41) is 17.1. The van der Waals surface area contributed by atoms with Gasteiger partial charge in [0.05, 0.1) is 22.8 Å². The van der Waals surface area contributed by atoms with Crippen LogP contribution in [0.3, 0.4) is 0 Å². The average Bonchev–Trinajstić information content (AvgIpc) is 2.65. The number of aldehydes is 1. The average molecular weight is 607 g/mol. The molecule has 2 aromatic rings. The normalized spacial score (nSPS) is 11.5. The van der Waals surface area contributed by atoms with Gasteiger partial charge in [-0.2, -0.15) is 16.8 Å². The Morgan fingerprint density at radius 1 is 1.06 bits per heavy atom. The summed E-state index contributed by atoms with van der Waals surface area (Å²) in [6.45, 7) is 0.292.